The molecule has 0 fully saturated rings. The van der Waals surface area contributed by atoms with Gasteiger partial charge in [-0.15, -0.1) is 0 Å². The lowest BCUT2D eigenvalue weighted by Crippen LogP contribution is -2.38. The molecule has 3 amide bonds. The van der Waals surface area contributed by atoms with E-state index in [1.165, 1.54) is 4.90 Å². The van der Waals surface area contributed by atoms with Gasteiger partial charge in [-0.3, -0.25) is 4.79 Å². The van der Waals surface area contributed by atoms with Crippen LogP contribution in [0.15, 0.2) is 18.3 Å². The van der Waals surface area contributed by atoms with E-state index in [0.717, 1.165) is 18.9 Å². The predicted molar refractivity (Wildman–Crippen MR) is 83.5 cm³/mol. The molecule has 0 saturated heterocycles. The molecule has 116 valence electrons. The van der Waals surface area contributed by atoms with Crippen molar-refractivity contribution in [1.82, 2.24) is 15.2 Å². The molecule has 0 aliphatic heterocycles. The summed E-state index contributed by atoms with van der Waals surface area (Å²) in [5.41, 5.74) is 0.584. The van der Waals surface area contributed by atoms with E-state index in [1.54, 1.807) is 26.4 Å². The highest BCUT2D eigenvalue weighted by Crippen LogP contribution is 2.13. The zero-order chi connectivity index (χ0) is 15.8. The smallest absolute Gasteiger partial charge is 0.319 e. The molecule has 2 N–H and O–H groups in total. The van der Waals surface area contributed by atoms with Crippen molar-refractivity contribution in [2.24, 2.45) is 0 Å². The SMILES string of the molecule is CCN(CC)c1ccc(NC(=O)NCC(=O)N(C)C)cn1. The van der Waals surface area contributed by atoms with E-state index >= 15 is 0 Å². The molecular weight excluding hydrogens is 270 g/mol. The number of amides is 3. The highest BCUT2D eigenvalue weighted by Gasteiger charge is 2.08. The molecule has 21 heavy (non-hydrogen) atoms. The fraction of sp³-hybridized carbons (Fsp3) is 0.500. The molecule has 0 atom stereocenters. The summed E-state index contributed by atoms with van der Waals surface area (Å²) in [7, 11) is 3.27. The lowest BCUT2D eigenvalue weighted by molar-refractivity contribution is -0.127. The van der Waals surface area contributed by atoms with Gasteiger partial charge in [-0.2, -0.15) is 0 Å². The Labute approximate surface area is 125 Å². The Kier molecular flexibility index (Phi) is 6.45. The van der Waals surface area contributed by atoms with E-state index in [1.807, 2.05) is 6.07 Å². The van der Waals surface area contributed by atoms with Crippen molar-refractivity contribution in [3.63, 3.8) is 0 Å². The van der Waals surface area contributed by atoms with Crippen molar-refractivity contribution in [3.05, 3.63) is 18.3 Å². The van der Waals surface area contributed by atoms with Crippen LogP contribution in [0.3, 0.4) is 0 Å². The molecule has 0 spiro atoms. The van der Waals surface area contributed by atoms with Crippen LogP contribution < -0.4 is 15.5 Å². The molecule has 0 bridgehead atoms. The molecule has 0 saturated carbocycles. The van der Waals surface area contributed by atoms with Gasteiger partial charge in [-0.1, -0.05) is 0 Å². The number of nitrogens with one attached hydrogen (secondary N) is 2. The monoisotopic (exact) mass is 293 g/mol. The first-order valence-corrected chi connectivity index (χ1v) is 6.93. The summed E-state index contributed by atoms with van der Waals surface area (Å²) >= 11 is 0. The van der Waals surface area contributed by atoms with E-state index < -0.39 is 6.03 Å². The first-order chi connectivity index (χ1) is 9.97. The van der Waals surface area contributed by atoms with Gasteiger partial charge in [0.15, 0.2) is 0 Å². The largest absolute Gasteiger partial charge is 0.357 e. The molecular formula is C14H23N5O2. The topological polar surface area (TPSA) is 77.6 Å². The zero-order valence-corrected chi connectivity index (χ0v) is 13.0. The average molecular weight is 293 g/mol. The maximum absolute atomic E-state index is 11.6. The number of urea groups is 1. The second kappa shape index (κ2) is 8.08. The standard InChI is InChI=1S/C14H23N5O2/c1-5-19(6-2)12-8-7-11(9-15-12)17-14(21)16-10-13(20)18(3)4/h7-9H,5-6,10H2,1-4H3,(H2,16,17,21). The summed E-state index contributed by atoms with van der Waals surface area (Å²) in [6.07, 6.45) is 1.60. The Hall–Kier alpha value is -2.31. The van der Waals surface area contributed by atoms with Crippen molar-refractivity contribution in [2.75, 3.05) is 43.9 Å². The first kappa shape index (κ1) is 16.7. The summed E-state index contributed by atoms with van der Waals surface area (Å²) in [4.78, 5) is 30.8. The molecule has 0 aliphatic rings. The van der Waals surface area contributed by atoms with Crippen LogP contribution in [0.25, 0.3) is 0 Å². The molecule has 1 heterocycles. The van der Waals surface area contributed by atoms with Gasteiger partial charge in [-0.25, -0.2) is 9.78 Å². The van der Waals surface area contributed by atoms with Crippen molar-refractivity contribution in [2.45, 2.75) is 13.8 Å². The summed E-state index contributed by atoms with van der Waals surface area (Å²) in [6.45, 7) is 5.84. The number of hydrogen-bond donors (Lipinski definition) is 2. The Morgan fingerprint density at radius 1 is 1.19 bits per heavy atom. The van der Waals surface area contributed by atoms with Gasteiger partial charge in [0.1, 0.15) is 5.82 Å². The Balaban J connectivity index is 2.52. The number of anilines is 2. The van der Waals surface area contributed by atoms with Crippen LogP contribution in [0, 0.1) is 0 Å². The molecule has 0 aliphatic carbocycles. The third-order valence-electron chi connectivity index (χ3n) is 2.99. The van der Waals surface area contributed by atoms with Crippen LogP contribution in [0.4, 0.5) is 16.3 Å². The van der Waals surface area contributed by atoms with E-state index in [0.29, 0.717) is 5.69 Å². The molecule has 1 aromatic heterocycles. The lowest BCUT2D eigenvalue weighted by Gasteiger charge is -2.19. The average Bonchev–Trinajstić information content (AvgIpc) is 2.47. The van der Waals surface area contributed by atoms with Crippen molar-refractivity contribution in [3.8, 4) is 0 Å². The van der Waals surface area contributed by atoms with Gasteiger partial charge in [-0.05, 0) is 26.0 Å². The minimum absolute atomic E-state index is 0.0379. The van der Waals surface area contributed by atoms with Gasteiger partial charge < -0.3 is 20.4 Å². The van der Waals surface area contributed by atoms with Crippen LogP contribution in [0.2, 0.25) is 0 Å². The number of carbonyl (C=O) groups excluding carboxylic acids is 2. The number of aromatic nitrogens is 1. The second-order valence-electron chi connectivity index (χ2n) is 4.67. The van der Waals surface area contributed by atoms with E-state index in [-0.39, 0.29) is 12.5 Å². The van der Waals surface area contributed by atoms with Gasteiger partial charge in [0.2, 0.25) is 5.91 Å². The summed E-state index contributed by atoms with van der Waals surface area (Å²) in [5.74, 6) is 0.703. The summed E-state index contributed by atoms with van der Waals surface area (Å²) in [5, 5.41) is 5.13. The molecule has 7 heteroatoms. The molecule has 1 aromatic rings. The normalized spacial score (nSPS) is 9.90. The maximum Gasteiger partial charge on any atom is 0.319 e. The number of likely N-dealkylation sites (N-methyl/N-ethyl adjacent to an activating group) is 1. The Morgan fingerprint density at radius 3 is 2.33 bits per heavy atom. The zero-order valence-electron chi connectivity index (χ0n) is 13.0. The van der Waals surface area contributed by atoms with Gasteiger partial charge in [0, 0.05) is 27.2 Å². The quantitative estimate of drug-likeness (QED) is 0.824. The van der Waals surface area contributed by atoms with Crippen molar-refractivity contribution >= 4 is 23.4 Å². The number of pyridine rings is 1. The number of carbonyl (C=O) groups is 2. The molecule has 0 aromatic carbocycles. The molecule has 0 radical (unpaired) electrons. The van der Waals surface area contributed by atoms with E-state index in [9.17, 15) is 9.59 Å². The lowest BCUT2D eigenvalue weighted by atomic mass is 10.3. The predicted octanol–water partition coefficient (Wildman–Crippen LogP) is 1.14. The summed E-state index contributed by atoms with van der Waals surface area (Å²) < 4.78 is 0. The molecule has 0 unspecified atom stereocenters. The fourth-order valence-electron chi connectivity index (χ4n) is 1.68. The number of hydrogen-bond acceptors (Lipinski definition) is 4. The minimum Gasteiger partial charge on any atom is -0.357 e. The van der Waals surface area contributed by atoms with Crippen LogP contribution in [0.1, 0.15) is 13.8 Å². The van der Waals surface area contributed by atoms with Crippen molar-refractivity contribution < 1.29 is 9.59 Å². The fourth-order valence-corrected chi connectivity index (χ4v) is 1.68. The Morgan fingerprint density at radius 2 is 1.86 bits per heavy atom. The van der Waals surface area contributed by atoms with Crippen LogP contribution in [-0.4, -0.2) is 55.6 Å². The van der Waals surface area contributed by atoms with E-state index in [2.05, 4.69) is 34.4 Å². The molecule has 1 rings (SSSR count). The van der Waals surface area contributed by atoms with Crippen LogP contribution in [0.5, 0.6) is 0 Å². The van der Waals surface area contributed by atoms with E-state index in [4.69, 9.17) is 0 Å². The number of nitrogens with zero attached hydrogens (tertiary/aromatic N) is 3. The number of rotatable bonds is 6. The minimum atomic E-state index is -0.428. The highest BCUT2D eigenvalue weighted by molar-refractivity contribution is 5.92. The maximum atomic E-state index is 11.6. The molecule has 7 nitrogen and oxygen atoms in total. The van der Waals surface area contributed by atoms with Crippen molar-refractivity contribution in [1.29, 1.82) is 0 Å². The third-order valence-corrected chi connectivity index (χ3v) is 2.99. The van der Waals surface area contributed by atoms with Gasteiger partial charge in [0.05, 0.1) is 18.4 Å². The van der Waals surface area contributed by atoms with Gasteiger partial charge in [0.25, 0.3) is 0 Å². The Bertz CT molecular complexity index is 469. The van der Waals surface area contributed by atoms with Gasteiger partial charge >= 0.3 is 6.03 Å². The second-order valence-corrected chi connectivity index (χ2v) is 4.67. The summed E-state index contributed by atoms with van der Waals surface area (Å²) in [6, 6.07) is 3.21. The third kappa shape index (κ3) is 5.29. The first-order valence-electron chi connectivity index (χ1n) is 6.93. The highest BCUT2D eigenvalue weighted by atomic mass is 16.2. The van der Waals surface area contributed by atoms with Crippen LogP contribution >= 0.6 is 0 Å². The van der Waals surface area contributed by atoms with Crippen LogP contribution in [-0.2, 0) is 4.79 Å².